The van der Waals surface area contributed by atoms with Gasteiger partial charge in [0.1, 0.15) is 5.75 Å². The third kappa shape index (κ3) is 3.57. The van der Waals surface area contributed by atoms with E-state index in [0.29, 0.717) is 6.54 Å². The molecule has 2 rings (SSSR count). The maximum Gasteiger partial charge on any atom is 0.120 e. The van der Waals surface area contributed by atoms with Gasteiger partial charge in [-0.3, -0.25) is 0 Å². The maximum atomic E-state index is 6.03. The molecule has 0 amide bonds. The summed E-state index contributed by atoms with van der Waals surface area (Å²) in [5, 5.41) is 0. The van der Waals surface area contributed by atoms with Crippen LogP contribution in [0, 0.1) is 6.92 Å². The number of benzene rings is 2. The molecule has 0 aliphatic carbocycles. The van der Waals surface area contributed by atoms with Crippen LogP contribution in [0.25, 0.3) is 0 Å². The zero-order valence-electron chi connectivity index (χ0n) is 12.6. The van der Waals surface area contributed by atoms with Gasteiger partial charge in [-0.15, -0.1) is 0 Å². The highest BCUT2D eigenvalue weighted by Crippen LogP contribution is 2.31. The van der Waals surface area contributed by atoms with Crippen molar-refractivity contribution in [2.24, 2.45) is 5.73 Å². The van der Waals surface area contributed by atoms with E-state index < -0.39 is 0 Å². The highest BCUT2D eigenvalue weighted by atomic mass is 79.9. The lowest BCUT2D eigenvalue weighted by Crippen LogP contribution is -2.30. The van der Waals surface area contributed by atoms with Crippen LogP contribution >= 0.6 is 15.9 Å². The topological polar surface area (TPSA) is 38.5 Å². The summed E-state index contributed by atoms with van der Waals surface area (Å²) in [5.74, 6) is 0.845. The zero-order valence-corrected chi connectivity index (χ0v) is 14.2. The summed E-state index contributed by atoms with van der Waals surface area (Å²) < 4.78 is 6.39. The van der Waals surface area contributed by atoms with Gasteiger partial charge in [0.25, 0.3) is 0 Å². The summed E-state index contributed by atoms with van der Waals surface area (Å²) >= 11 is 3.65. The Bertz CT molecular complexity index is 615. The molecule has 0 aromatic heterocycles. The van der Waals surface area contributed by atoms with Crippen molar-refractivity contribution in [3.63, 3.8) is 0 Å². The van der Waals surface area contributed by atoms with Gasteiger partial charge in [0.2, 0.25) is 0 Å². The monoisotopic (exact) mass is 348 g/mol. The molecule has 0 heterocycles. The van der Waals surface area contributed by atoms with Gasteiger partial charge in [-0.25, -0.2) is 0 Å². The Kier molecular flexibility index (Phi) is 5.26. The third-order valence-electron chi connectivity index (χ3n) is 3.67. The molecule has 21 heavy (non-hydrogen) atoms. The lowest BCUT2D eigenvalue weighted by molar-refractivity contribution is 0.414. The van der Waals surface area contributed by atoms with Crippen LogP contribution in [0.1, 0.15) is 17.2 Å². The first-order valence-corrected chi connectivity index (χ1v) is 7.69. The Morgan fingerprint density at radius 1 is 1.24 bits per heavy atom. The summed E-state index contributed by atoms with van der Waals surface area (Å²) in [6.45, 7) is 2.62. The summed E-state index contributed by atoms with van der Waals surface area (Å²) in [7, 11) is 3.73. The molecular formula is C17H21BrN2O. The minimum Gasteiger partial charge on any atom is -0.497 e. The van der Waals surface area contributed by atoms with Gasteiger partial charge in [0.15, 0.2) is 0 Å². The van der Waals surface area contributed by atoms with E-state index in [-0.39, 0.29) is 6.04 Å². The lowest BCUT2D eigenvalue weighted by Gasteiger charge is -2.30. The minimum absolute atomic E-state index is 0.104. The van der Waals surface area contributed by atoms with Crippen molar-refractivity contribution in [2.45, 2.75) is 13.0 Å². The van der Waals surface area contributed by atoms with Crippen LogP contribution in [-0.2, 0) is 0 Å². The second-order valence-electron chi connectivity index (χ2n) is 5.09. The molecule has 0 saturated heterocycles. The maximum absolute atomic E-state index is 6.03. The number of ether oxygens (including phenoxy) is 1. The molecule has 0 bridgehead atoms. The Labute approximate surface area is 134 Å². The number of nitrogens with two attached hydrogens (primary N) is 1. The first-order valence-electron chi connectivity index (χ1n) is 6.89. The highest BCUT2D eigenvalue weighted by Gasteiger charge is 2.18. The fourth-order valence-electron chi connectivity index (χ4n) is 2.41. The average molecular weight is 349 g/mol. The van der Waals surface area contributed by atoms with E-state index >= 15 is 0 Å². The smallest absolute Gasteiger partial charge is 0.120 e. The molecule has 2 aromatic rings. The SMILES string of the molecule is COc1cccc(N(C)C(CN)c2ccc(C)cc2Br)c1. The number of methoxy groups -OCH3 is 1. The van der Waals surface area contributed by atoms with Gasteiger partial charge in [0, 0.05) is 29.8 Å². The minimum atomic E-state index is 0.104. The molecule has 1 atom stereocenters. The molecule has 112 valence electrons. The van der Waals surface area contributed by atoms with E-state index in [4.69, 9.17) is 10.5 Å². The Morgan fingerprint density at radius 2 is 2.00 bits per heavy atom. The van der Waals surface area contributed by atoms with Crippen LogP contribution < -0.4 is 15.4 Å². The van der Waals surface area contributed by atoms with Crippen LogP contribution in [0.15, 0.2) is 46.9 Å². The second kappa shape index (κ2) is 6.96. The number of rotatable bonds is 5. The lowest BCUT2D eigenvalue weighted by atomic mass is 10.0. The van der Waals surface area contributed by atoms with E-state index in [1.165, 1.54) is 11.1 Å². The number of hydrogen-bond donors (Lipinski definition) is 1. The first kappa shape index (κ1) is 15.9. The van der Waals surface area contributed by atoms with Crippen molar-refractivity contribution in [3.8, 4) is 5.75 Å². The first-order chi connectivity index (χ1) is 10.1. The van der Waals surface area contributed by atoms with Crippen LogP contribution in [-0.4, -0.2) is 20.7 Å². The Hall–Kier alpha value is -1.52. The molecule has 2 aromatic carbocycles. The van der Waals surface area contributed by atoms with Crippen molar-refractivity contribution in [1.82, 2.24) is 0 Å². The summed E-state index contributed by atoms with van der Waals surface area (Å²) in [6, 6.07) is 14.5. The molecule has 3 nitrogen and oxygen atoms in total. The molecule has 2 N–H and O–H groups in total. The molecule has 4 heteroatoms. The largest absolute Gasteiger partial charge is 0.497 e. The fourth-order valence-corrected chi connectivity index (χ4v) is 3.16. The molecule has 0 spiro atoms. The third-order valence-corrected chi connectivity index (χ3v) is 4.35. The summed E-state index contributed by atoms with van der Waals surface area (Å²) in [6.07, 6.45) is 0. The van der Waals surface area contributed by atoms with Gasteiger partial charge in [-0.05, 0) is 36.2 Å². The van der Waals surface area contributed by atoms with Crippen molar-refractivity contribution >= 4 is 21.6 Å². The van der Waals surface area contributed by atoms with Crippen LogP contribution in [0.3, 0.4) is 0 Å². The van der Waals surface area contributed by atoms with Crippen molar-refractivity contribution in [1.29, 1.82) is 0 Å². The predicted octanol–water partition coefficient (Wildman–Crippen LogP) is 3.90. The van der Waals surface area contributed by atoms with Crippen molar-refractivity contribution < 1.29 is 4.74 Å². The zero-order chi connectivity index (χ0) is 15.4. The van der Waals surface area contributed by atoms with E-state index in [9.17, 15) is 0 Å². The van der Waals surface area contributed by atoms with Gasteiger partial charge < -0.3 is 15.4 Å². The predicted molar refractivity (Wildman–Crippen MR) is 92.1 cm³/mol. The Morgan fingerprint density at radius 3 is 2.62 bits per heavy atom. The van der Waals surface area contributed by atoms with E-state index in [2.05, 4.69) is 59.1 Å². The van der Waals surface area contributed by atoms with Gasteiger partial charge in [-0.2, -0.15) is 0 Å². The van der Waals surface area contributed by atoms with E-state index in [0.717, 1.165) is 15.9 Å². The van der Waals surface area contributed by atoms with E-state index in [1.54, 1.807) is 7.11 Å². The average Bonchev–Trinajstić information content (AvgIpc) is 2.50. The molecule has 0 radical (unpaired) electrons. The van der Waals surface area contributed by atoms with Crippen molar-refractivity contribution in [3.05, 3.63) is 58.1 Å². The highest BCUT2D eigenvalue weighted by molar-refractivity contribution is 9.10. The molecule has 0 saturated carbocycles. The van der Waals surface area contributed by atoms with Crippen molar-refractivity contribution in [2.75, 3.05) is 25.6 Å². The van der Waals surface area contributed by atoms with Crippen LogP contribution in [0.5, 0.6) is 5.75 Å². The quantitative estimate of drug-likeness (QED) is 0.890. The fraction of sp³-hybridized carbons (Fsp3) is 0.294. The molecule has 0 aliphatic rings. The number of likely N-dealkylation sites (N-methyl/N-ethyl adjacent to an activating group) is 1. The number of hydrogen-bond acceptors (Lipinski definition) is 3. The number of halogens is 1. The number of anilines is 1. The van der Waals surface area contributed by atoms with Crippen LogP contribution in [0.2, 0.25) is 0 Å². The number of aryl methyl sites for hydroxylation is 1. The van der Waals surface area contributed by atoms with E-state index in [1.807, 2.05) is 18.2 Å². The van der Waals surface area contributed by atoms with Crippen LogP contribution in [0.4, 0.5) is 5.69 Å². The number of nitrogens with zero attached hydrogens (tertiary/aromatic N) is 1. The Balaban J connectivity index is 2.35. The summed E-state index contributed by atoms with van der Waals surface area (Å²) in [5.41, 5.74) is 9.52. The van der Waals surface area contributed by atoms with Gasteiger partial charge >= 0.3 is 0 Å². The molecular weight excluding hydrogens is 328 g/mol. The normalized spacial score (nSPS) is 12.0. The van der Waals surface area contributed by atoms with Gasteiger partial charge in [-0.1, -0.05) is 34.1 Å². The standard InChI is InChI=1S/C17H21BrN2O/c1-12-7-8-15(16(18)9-12)17(11-19)20(2)13-5-4-6-14(10-13)21-3/h4-10,17H,11,19H2,1-3H3. The molecule has 0 fully saturated rings. The second-order valence-corrected chi connectivity index (χ2v) is 5.94. The van der Waals surface area contributed by atoms with Gasteiger partial charge in [0.05, 0.1) is 13.2 Å². The molecule has 0 aliphatic heterocycles. The molecule has 1 unspecified atom stereocenters. The summed E-state index contributed by atoms with van der Waals surface area (Å²) in [4.78, 5) is 2.18.